The van der Waals surface area contributed by atoms with Crippen LogP contribution in [0.1, 0.15) is 53.9 Å². The van der Waals surface area contributed by atoms with Crippen LogP contribution in [-0.2, 0) is 15.8 Å². The summed E-state index contributed by atoms with van der Waals surface area (Å²) in [4.78, 5) is 34.4. The van der Waals surface area contributed by atoms with E-state index in [1.807, 2.05) is 13.0 Å². The lowest BCUT2D eigenvalue weighted by Crippen LogP contribution is -2.40. The van der Waals surface area contributed by atoms with E-state index in [9.17, 15) is 24.2 Å². The van der Waals surface area contributed by atoms with Crippen LogP contribution in [0.25, 0.3) is 22.2 Å². The maximum atomic E-state index is 13.6. The second-order valence-electron chi connectivity index (χ2n) is 10.5. The molecule has 5 rings (SSSR count). The van der Waals surface area contributed by atoms with Gasteiger partial charge < -0.3 is 20.7 Å². The van der Waals surface area contributed by atoms with Crippen LogP contribution in [0.15, 0.2) is 54.7 Å². The standard InChI is InChI=1S/C30H28FN3O5/c1-16-10-19-11-18(12-23(36)25(19)33-14-16)22(35)8-9-30(3,38)24-13-21-27(39-15-29(21,2)28(32)37)26(34-24)17-4-6-20(31)7-5-17/h4-7,10-14,36,38H,8-9,15H2,1-3H3,(H2,32,37)/t29-,30-/m0/s1. The fourth-order valence-corrected chi connectivity index (χ4v) is 4.80. The Morgan fingerprint density at radius 3 is 2.59 bits per heavy atom. The summed E-state index contributed by atoms with van der Waals surface area (Å²) in [7, 11) is 0. The van der Waals surface area contributed by atoms with E-state index < -0.39 is 22.7 Å². The zero-order valence-corrected chi connectivity index (χ0v) is 21.8. The zero-order chi connectivity index (χ0) is 28.1. The maximum absolute atomic E-state index is 13.6. The third-order valence-corrected chi connectivity index (χ3v) is 7.35. The summed E-state index contributed by atoms with van der Waals surface area (Å²) in [6, 6.07) is 12.1. The fraction of sp³-hybridized carbons (Fsp3) is 0.267. The molecule has 2 aromatic heterocycles. The molecule has 4 N–H and O–H groups in total. The lowest BCUT2D eigenvalue weighted by atomic mass is 9.81. The normalized spacial score (nSPS) is 17.9. The highest BCUT2D eigenvalue weighted by molar-refractivity contribution is 6.01. The zero-order valence-electron chi connectivity index (χ0n) is 21.8. The van der Waals surface area contributed by atoms with Crippen LogP contribution in [0, 0.1) is 12.7 Å². The Morgan fingerprint density at radius 2 is 1.90 bits per heavy atom. The number of primary amides is 1. The molecular formula is C30H28FN3O5. The lowest BCUT2D eigenvalue weighted by Gasteiger charge is -2.26. The summed E-state index contributed by atoms with van der Waals surface area (Å²) in [6.07, 6.45) is 1.59. The number of nitrogens with zero attached hydrogens (tertiary/aromatic N) is 2. The SMILES string of the molecule is Cc1cnc2c(O)cc(C(=O)CC[C@](C)(O)c3cc4c(c(-c5ccc(F)cc5)n3)OC[C@]4(C)C(N)=O)cc2c1. The van der Waals surface area contributed by atoms with E-state index in [1.54, 1.807) is 25.3 Å². The molecule has 3 heterocycles. The predicted octanol–water partition coefficient (Wildman–Crippen LogP) is 4.46. The van der Waals surface area contributed by atoms with Gasteiger partial charge in [-0.3, -0.25) is 14.6 Å². The molecule has 0 radical (unpaired) electrons. The molecule has 1 aliphatic rings. The largest absolute Gasteiger partial charge is 0.506 e. The first-order valence-electron chi connectivity index (χ1n) is 12.5. The summed E-state index contributed by atoms with van der Waals surface area (Å²) < 4.78 is 19.5. The Bertz CT molecular complexity index is 1630. The van der Waals surface area contributed by atoms with Gasteiger partial charge in [-0.15, -0.1) is 0 Å². The topological polar surface area (TPSA) is 136 Å². The van der Waals surface area contributed by atoms with Crippen LogP contribution in [0.2, 0.25) is 0 Å². The number of carbonyl (C=O) groups is 2. The van der Waals surface area contributed by atoms with Gasteiger partial charge in [-0.1, -0.05) is 0 Å². The molecule has 2 atom stereocenters. The first kappa shape index (κ1) is 26.2. The lowest BCUT2D eigenvalue weighted by molar-refractivity contribution is -0.123. The van der Waals surface area contributed by atoms with E-state index >= 15 is 0 Å². The van der Waals surface area contributed by atoms with Gasteiger partial charge in [-0.2, -0.15) is 0 Å². The van der Waals surface area contributed by atoms with Crippen molar-refractivity contribution in [3.8, 4) is 22.8 Å². The van der Waals surface area contributed by atoms with Crippen molar-refractivity contribution in [2.75, 3.05) is 6.61 Å². The summed E-state index contributed by atoms with van der Waals surface area (Å²) in [5.74, 6) is -1.06. The van der Waals surface area contributed by atoms with Gasteiger partial charge >= 0.3 is 0 Å². The van der Waals surface area contributed by atoms with Crippen LogP contribution < -0.4 is 10.5 Å². The molecule has 1 aliphatic heterocycles. The average Bonchev–Trinajstić information content (AvgIpc) is 3.25. The van der Waals surface area contributed by atoms with E-state index in [-0.39, 0.29) is 36.7 Å². The Hall–Kier alpha value is -4.37. The van der Waals surface area contributed by atoms with Crippen LogP contribution in [-0.4, -0.2) is 38.5 Å². The molecule has 0 saturated heterocycles. The van der Waals surface area contributed by atoms with Gasteiger partial charge in [0, 0.05) is 34.7 Å². The first-order chi connectivity index (χ1) is 18.4. The van der Waals surface area contributed by atoms with Crippen molar-refractivity contribution in [3.63, 3.8) is 0 Å². The molecule has 1 amide bonds. The highest BCUT2D eigenvalue weighted by Crippen LogP contribution is 2.46. The molecule has 0 unspecified atom stereocenters. The summed E-state index contributed by atoms with van der Waals surface area (Å²) in [6.45, 7) is 5.05. The number of Topliss-reactive ketones (excluding diaryl/α,β-unsaturated/α-hetero) is 1. The minimum atomic E-state index is -1.59. The molecule has 0 aliphatic carbocycles. The van der Waals surface area contributed by atoms with Crippen molar-refractivity contribution in [2.24, 2.45) is 5.73 Å². The number of phenols is 1. The number of aromatic nitrogens is 2. The highest BCUT2D eigenvalue weighted by Gasteiger charge is 2.45. The summed E-state index contributed by atoms with van der Waals surface area (Å²) >= 11 is 0. The maximum Gasteiger partial charge on any atom is 0.231 e. The van der Waals surface area contributed by atoms with Crippen molar-refractivity contribution in [3.05, 3.63) is 82.9 Å². The number of aliphatic hydroxyl groups is 1. The molecule has 0 bridgehead atoms. The summed E-state index contributed by atoms with van der Waals surface area (Å²) in [5, 5.41) is 22.5. The monoisotopic (exact) mass is 529 g/mol. The van der Waals surface area contributed by atoms with Gasteiger partial charge in [-0.05, 0) is 81.3 Å². The first-order valence-corrected chi connectivity index (χ1v) is 12.5. The quantitative estimate of drug-likeness (QED) is 0.301. The van der Waals surface area contributed by atoms with Crippen LogP contribution in [0.3, 0.4) is 0 Å². The number of pyridine rings is 2. The second-order valence-corrected chi connectivity index (χ2v) is 10.5. The number of benzene rings is 2. The number of hydrogen-bond donors (Lipinski definition) is 3. The number of aryl methyl sites for hydroxylation is 1. The average molecular weight is 530 g/mol. The van der Waals surface area contributed by atoms with Gasteiger partial charge in [0.25, 0.3) is 0 Å². The molecule has 8 nitrogen and oxygen atoms in total. The van der Waals surface area contributed by atoms with Crippen LogP contribution >= 0.6 is 0 Å². The van der Waals surface area contributed by atoms with Gasteiger partial charge in [0.2, 0.25) is 5.91 Å². The fourth-order valence-electron chi connectivity index (χ4n) is 4.80. The number of ketones is 1. The Balaban J connectivity index is 1.49. The van der Waals surface area contributed by atoms with E-state index in [1.165, 1.54) is 37.3 Å². The molecule has 0 saturated carbocycles. The Morgan fingerprint density at radius 1 is 1.18 bits per heavy atom. The van der Waals surface area contributed by atoms with Gasteiger partial charge in [0.15, 0.2) is 5.78 Å². The number of hydrogen-bond acceptors (Lipinski definition) is 7. The Labute approximate surface area is 224 Å². The van der Waals surface area contributed by atoms with Crippen molar-refractivity contribution < 1.29 is 28.9 Å². The van der Waals surface area contributed by atoms with Crippen molar-refractivity contribution in [1.29, 1.82) is 0 Å². The Kier molecular flexibility index (Phi) is 6.34. The van der Waals surface area contributed by atoms with Crippen LogP contribution in [0.5, 0.6) is 11.5 Å². The minimum Gasteiger partial charge on any atom is -0.506 e. The van der Waals surface area contributed by atoms with E-state index in [0.717, 1.165) is 5.56 Å². The highest BCUT2D eigenvalue weighted by atomic mass is 19.1. The van der Waals surface area contributed by atoms with Crippen molar-refractivity contribution in [1.82, 2.24) is 9.97 Å². The number of amides is 1. The number of nitrogens with two attached hydrogens (primary N) is 1. The van der Waals surface area contributed by atoms with Gasteiger partial charge in [-0.25, -0.2) is 9.37 Å². The number of phenolic OH excluding ortho intramolecular Hbond substituents is 1. The smallest absolute Gasteiger partial charge is 0.231 e. The molecule has 4 aromatic rings. The second kappa shape index (κ2) is 9.43. The minimum absolute atomic E-state index is 0.000509. The third-order valence-electron chi connectivity index (χ3n) is 7.35. The van der Waals surface area contributed by atoms with Crippen molar-refractivity contribution >= 4 is 22.6 Å². The molecule has 0 fully saturated rings. The van der Waals surface area contributed by atoms with E-state index in [0.29, 0.717) is 39.0 Å². The number of halogens is 1. The molecule has 39 heavy (non-hydrogen) atoms. The number of fused-ring (bicyclic) bond motifs is 2. The predicted molar refractivity (Wildman–Crippen MR) is 143 cm³/mol. The van der Waals surface area contributed by atoms with Gasteiger partial charge in [0.1, 0.15) is 46.1 Å². The number of ether oxygens (including phenoxy) is 1. The molecule has 2 aromatic carbocycles. The van der Waals surface area contributed by atoms with Crippen molar-refractivity contribution in [2.45, 2.75) is 44.6 Å². The molecular weight excluding hydrogens is 501 g/mol. The molecule has 200 valence electrons. The van der Waals surface area contributed by atoms with Crippen LogP contribution in [0.4, 0.5) is 4.39 Å². The number of rotatable bonds is 7. The third kappa shape index (κ3) is 4.70. The van der Waals surface area contributed by atoms with E-state index in [4.69, 9.17) is 10.5 Å². The number of aromatic hydroxyl groups is 1. The van der Waals surface area contributed by atoms with Gasteiger partial charge in [0.05, 0.1) is 5.69 Å². The molecule has 0 spiro atoms. The summed E-state index contributed by atoms with van der Waals surface area (Å²) in [5.41, 5.74) is 6.11. The number of carbonyl (C=O) groups excluding carboxylic acids is 2. The molecule has 9 heteroatoms. The van der Waals surface area contributed by atoms with E-state index in [2.05, 4.69) is 9.97 Å².